The van der Waals surface area contributed by atoms with E-state index in [0.29, 0.717) is 0 Å². The van der Waals surface area contributed by atoms with Crippen molar-refractivity contribution in [3.8, 4) is 0 Å². The summed E-state index contributed by atoms with van der Waals surface area (Å²) in [5.74, 6) is 1.99. The first-order valence-corrected chi connectivity index (χ1v) is 8.64. The quantitative estimate of drug-likeness (QED) is 0.865. The lowest BCUT2D eigenvalue weighted by Gasteiger charge is -2.19. The average Bonchev–Trinajstić information content (AvgIpc) is 2.46. The van der Waals surface area contributed by atoms with Gasteiger partial charge in [0.05, 0.1) is 6.61 Å². The van der Waals surface area contributed by atoms with Crippen LogP contribution in [0.1, 0.15) is 0 Å². The van der Waals surface area contributed by atoms with Crippen LogP contribution in [-0.4, -0.2) is 11.7 Å². The van der Waals surface area contributed by atoms with Crippen LogP contribution in [0.15, 0.2) is 72.6 Å². The first kappa shape index (κ1) is 13.2. The van der Waals surface area contributed by atoms with Crippen LogP contribution in [0.5, 0.6) is 0 Å². The first-order valence-electron chi connectivity index (χ1n) is 5.77. The molecule has 0 saturated heterocycles. The van der Waals surface area contributed by atoms with Gasteiger partial charge >= 0.3 is 0 Å². The standard InChI is InChI=1S/C15H15OPS/c16-12-7-13-17(18,14-8-3-1-4-9-14)15-10-5-2-6-11-15/h1-11,13,16H,12H2/b13-7-. The Morgan fingerprint density at radius 2 is 1.33 bits per heavy atom. The van der Waals surface area contributed by atoms with Gasteiger partial charge in [0.25, 0.3) is 0 Å². The van der Waals surface area contributed by atoms with Crippen LogP contribution in [0.25, 0.3) is 0 Å². The number of hydrogen-bond acceptors (Lipinski definition) is 2. The fourth-order valence-electron chi connectivity index (χ4n) is 1.82. The van der Waals surface area contributed by atoms with Crippen LogP contribution in [0.3, 0.4) is 0 Å². The van der Waals surface area contributed by atoms with Crippen LogP contribution >= 0.6 is 6.04 Å². The van der Waals surface area contributed by atoms with Crippen molar-refractivity contribution in [1.82, 2.24) is 0 Å². The number of benzene rings is 2. The molecule has 0 radical (unpaired) electrons. The highest BCUT2D eigenvalue weighted by Crippen LogP contribution is 2.45. The van der Waals surface area contributed by atoms with E-state index in [1.54, 1.807) is 6.08 Å². The summed E-state index contributed by atoms with van der Waals surface area (Å²) in [4.78, 5) is 0. The summed E-state index contributed by atoms with van der Waals surface area (Å²) in [5, 5.41) is 11.3. The summed E-state index contributed by atoms with van der Waals surface area (Å²) in [6.07, 6.45) is 1.75. The summed E-state index contributed by atoms with van der Waals surface area (Å²) < 4.78 is 0. The van der Waals surface area contributed by atoms with Gasteiger partial charge < -0.3 is 5.11 Å². The van der Waals surface area contributed by atoms with Gasteiger partial charge in [-0.3, -0.25) is 0 Å². The molecule has 0 aromatic heterocycles. The fourth-order valence-corrected chi connectivity index (χ4v) is 5.07. The molecule has 0 aliphatic heterocycles. The van der Waals surface area contributed by atoms with Crippen molar-refractivity contribution in [2.75, 3.05) is 6.61 Å². The molecule has 0 aliphatic carbocycles. The second-order valence-corrected chi connectivity index (χ2v) is 8.27. The lowest BCUT2D eigenvalue weighted by Crippen LogP contribution is -2.13. The molecule has 0 atom stereocenters. The minimum atomic E-state index is -1.95. The van der Waals surface area contributed by atoms with E-state index < -0.39 is 6.04 Å². The van der Waals surface area contributed by atoms with Crippen molar-refractivity contribution in [1.29, 1.82) is 0 Å². The van der Waals surface area contributed by atoms with Crippen molar-refractivity contribution < 1.29 is 5.11 Å². The maximum absolute atomic E-state index is 9.01. The van der Waals surface area contributed by atoms with E-state index in [4.69, 9.17) is 16.9 Å². The Morgan fingerprint density at radius 3 is 1.72 bits per heavy atom. The first-order chi connectivity index (χ1) is 8.77. The molecule has 0 amide bonds. The van der Waals surface area contributed by atoms with Gasteiger partial charge in [-0.05, 0) is 16.4 Å². The molecular formula is C15H15OPS. The maximum atomic E-state index is 9.01. The number of aliphatic hydroxyl groups is 1. The summed E-state index contributed by atoms with van der Waals surface area (Å²) in [6, 6.07) is 18.3. The molecule has 1 nitrogen and oxygen atoms in total. The molecule has 0 fully saturated rings. The third kappa shape index (κ3) is 2.78. The third-order valence-corrected chi connectivity index (χ3v) is 7.09. The average molecular weight is 274 g/mol. The zero-order valence-electron chi connectivity index (χ0n) is 9.94. The largest absolute Gasteiger partial charge is 0.392 e. The molecule has 92 valence electrons. The van der Waals surface area contributed by atoms with E-state index in [2.05, 4.69) is 24.3 Å². The van der Waals surface area contributed by atoms with Crippen molar-refractivity contribution >= 4 is 28.5 Å². The predicted molar refractivity (Wildman–Crippen MR) is 82.7 cm³/mol. The SMILES string of the molecule is OC/C=C\P(=S)(c1ccccc1)c1ccccc1. The minimum Gasteiger partial charge on any atom is -0.392 e. The number of hydrogen-bond donors (Lipinski definition) is 1. The van der Waals surface area contributed by atoms with Gasteiger partial charge in [0.1, 0.15) is 0 Å². The Morgan fingerprint density at radius 1 is 0.889 bits per heavy atom. The molecule has 18 heavy (non-hydrogen) atoms. The molecule has 0 unspecified atom stereocenters. The molecule has 0 aliphatic rings. The zero-order valence-corrected chi connectivity index (χ0v) is 11.6. The van der Waals surface area contributed by atoms with Gasteiger partial charge in [-0.25, -0.2) is 0 Å². The van der Waals surface area contributed by atoms with Gasteiger partial charge in [0, 0.05) is 6.04 Å². The van der Waals surface area contributed by atoms with Crippen LogP contribution in [0.4, 0.5) is 0 Å². The van der Waals surface area contributed by atoms with Crippen molar-refractivity contribution in [2.24, 2.45) is 0 Å². The highest BCUT2D eigenvalue weighted by Gasteiger charge is 2.18. The topological polar surface area (TPSA) is 20.2 Å². The van der Waals surface area contributed by atoms with Gasteiger partial charge in [-0.2, -0.15) is 0 Å². The normalized spacial score (nSPS) is 11.8. The van der Waals surface area contributed by atoms with Crippen LogP contribution in [-0.2, 0) is 11.8 Å². The summed E-state index contributed by atoms with van der Waals surface area (Å²) in [7, 11) is 0. The Kier molecular flexibility index (Phi) is 4.48. The highest BCUT2D eigenvalue weighted by atomic mass is 32.4. The van der Waals surface area contributed by atoms with Crippen molar-refractivity contribution in [3.05, 3.63) is 72.6 Å². The van der Waals surface area contributed by atoms with Crippen LogP contribution in [0, 0.1) is 0 Å². The van der Waals surface area contributed by atoms with E-state index in [-0.39, 0.29) is 6.61 Å². The van der Waals surface area contributed by atoms with E-state index in [1.165, 1.54) is 0 Å². The summed E-state index contributed by atoms with van der Waals surface area (Å²) in [5.41, 5.74) is 0. The Labute approximate surface area is 113 Å². The molecule has 0 bridgehead atoms. The second kappa shape index (κ2) is 6.10. The van der Waals surface area contributed by atoms with Gasteiger partial charge in [-0.15, -0.1) is 0 Å². The highest BCUT2D eigenvalue weighted by molar-refractivity contribution is 8.23. The molecule has 3 heteroatoms. The molecular weight excluding hydrogens is 259 g/mol. The van der Waals surface area contributed by atoms with Crippen molar-refractivity contribution in [2.45, 2.75) is 0 Å². The maximum Gasteiger partial charge on any atom is 0.0616 e. The van der Waals surface area contributed by atoms with Crippen LogP contribution < -0.4 is 10.6 Å². The van der Waals surface area contributed by atoms with Gasteiger partial charge in [0.2, 0.25) is 0 Å². The van der Waals surface area contributed by atoms with E-state index in [9.17, 15) is 0 Å². The molecule has 0 saturated carbocycles. The lowest BCUT2D eigenvalue weighted by molar-refractivity contribution is 0.343. The van der Waals surface area contributed by atoms with E-state index in [0.717, 1.165) is 10.6 Å². The van der Waals surface area contributed by atoms with Crippen LogP contribution in [0.2, 0.25) is 0 Å². The summed E-state index contributed by atoms with van der Waals surface area (Å²) >= 11 is 5.91. The summed E-state index contributed by atoms with van der Waals surface area (Å²) in [6.45, 7) is 0.0259. The minimum absolute atomic E-state index is 0.0259. The lowest BCUT2D eigenvalue weighted by atomic mass is 10.4. The van der Waals surface area contributed by atoms with E-state index >= 15 is 0 Å². The molecule has 2 aromatic carbocycles. The van der Waals surface area contributed by atoms with Gasteiger partial charge in [-0.1, -0.05) is 78.5 Å². The predicted octanol–water partition coefficient (Wildman–Crippen LogP) is 2.62. The molecule has 2 aromatic rings. The Bertz CT molecular complexity index is 520. The number of rotatable bonds is 4. The Balaban J connectivity index is 2.56. The molecule has 1 N–H and O–H groups in total. The third-order valence-electron chi connectivity index (χ3n) is 2.70. The smallest absolute Gasteiger partial charge is 0.0616 e. The molecule has 0 heterocycles. The Hall–Kier alpha value is -1.21. The second-order valence-electron chi connectivity index (χ2n) is 3.90. The zero-order chi connectivity index (χ0) is 12.8. The molecule has 0 spiro atoms. The fraction of sp³-hybridized carbons (Fsp3) is 0.0667. The molecule has 2 rings (SSSR count). The number of aliphatic hydroxyl groups excluding tert-OH is 1. The monoisotopic (exact) mass is 274 g/mol. The van der Waals surface area contributed by atoms with E-state index in [1.807, 2.05) is 42.2 Å². The van der Waals surface area contributed by atoms with Crippen molar-refractivity contribution in [3.63, 3.8) is 0 Å². The van der Waals surface area contributed by atoms with Gasteiger partial charge in [0.15, 0.2) is 0 Å².